The van der Waals surface area contributed by atoms with Gasteiger partial charge >= 0.3 is 0 Å². The lowest BCUT2D eigenvalue weighted by atomic mass is 9.71. The minimum atomic E-state index is 0.173. The van der Waals surface area contributed by atoms with Crippen molar-refractivity contribution in [2.75, 3.05) is 0 Å². The maximum absolute atomic E-state index is 5.97. The summed E-state index contributed by atoms with van der Waals surface area (Å²) in [4.78, 5) is 1.38. The third-order valence-electron chi connectivity index (χ3n) is 4.74. The number of thiophene rings is 1. The number of nitrogens with one attached hydrogen (secondary N) is 1. The molecule has 1 heterocycles. The van der Waals surface area contributed by atoms with Gasteiger partial charge in [-0.1, -0.05) is 43.2 Å². The quantitative estimate of drug-likeness (QED) is 0.609. The fourth-order valence-corrected chi connectivity index (χ4v) is 5.19. The largest absolute Gasteiger partial charge is 0.271 e. The van der Waals surface area contributed by atoms with Crippen molar-refractivity contribution >= 4 is 27.3 Å². The number of benzene rings is 1. The molecule has 0 radical (unpaired) electrons. The van der Waals surface area contributed by atoms with Crippen LogP contribution < -0.4 is 11.3 Å². The summed E-state index contributed by atoms with van der Waals surface area (Å²) in [5.41, 5.74) is 4.74. The third-order valence-corrected chi connectivity index (χ3v) is 6.46. The predicted molar refractivity (Wildman–Crippen MR) is 93.4 cm³/mol. The highest BCUT2D eigenvalue weighted by Gasteiger charge is 2.42. The predicted octanol–water partition coefficient (Wildman–Crippen LogP) is 4.40. The molecule has 0 spiro atoms. The number of nitrogens with two attached hydrogens (primary N) is 1. The van der Waals surface area contributed by atoms with E-state index >= 15 is 0 Å². The van der Waals surface area contributed by atoms with Crippen LogP contribution >= 0.6 is 27.3 Å². The summed E-state index contributed by atoms with van der Waals surface area (Å²) in [6.45, 7) is 0. The Bertz CT molecular complexity index is 575. The van der Waals surface area contributed by atoms with Crippen molar-refractivity contribution in [1.29, 1.82) is 0 Å². The van der Waals surface area contributed by atoms with Crippen molar-refractivity contribution in [2.24, 2.45) is 5.84 Å². The molecule has 1 aliphatic carbocycles. The van der Waals surface area contributed by atoms with Gasteiger partial charge in [0, 0.05) is 26.2 Å². The summed E-state index contributed by atoms with van der Waals surface area (Å²) >= 11 is 5.35. The van der Waals surface area contributed by atoms with E-state index in [1.165, 1.54) is 40.6 Å². The molecule has 1 aromatic carbocycles. The molecular formula is C17H21BrN2S. The first-order chi connectivity index (χ1) is 10.2. The van der Waals surface area contributed by atoms with E-state index in [4.69, 9.17) is 5.84 Å². The fraction of sp³-hybridized carbons (Fsp3) is 0.412. The highest BCUT2D eigenvalue weighted by molar-refractivity contribution is 9.10. The second kappa shape index (κ2) is 6.61. The van der Waals surface area contributed by atoms with Gasteiger partial charge < -0.3 is 0 Å². The molecule has 2 nitrogen and oxygen atoms in total. The third kappa shape index (κ3) is 3.09. The Kier molecular flexibility index (Phi) is 4.79. The molecule has 1 saturated carbocycles. The van der Waals surface area contributed by atoms with Crippen LogP contribution in [-0.4, -0.2) is 6.04 Å². The molecule has 21 heavy (non-hydrogen) atoms. The van der Waals surface area contributed by atoms with Gasteiger partial charge in [-0.25, -0.2) is 0 Å². The van der Waals surface area contributed by atoms with Crippen molar-refractivity contribution in [3.05, 3.63) is 56.7 Å². The van der Waals surface area contributed by atoms with E-state index in [0.717, 1.165) is 6.42 Å². The minimum absolute atomic E-state index is 0.173. The Morgan fingerprint density at radius 3 is 2.52 bits per heavy atom. The molecule has 1 aliphatic rings. The molecule has 0 saturated heterocycles. The molecule has 1 fully saturated rings. The zero-order valence-corrected chi connectivity index (χ0v) is 14.4. The zero-order valence-electron chi connectivity index (χ0n) is 12.0. The molecule has 0 bridgehead atoms. The second-order valence-electron chi connectivity index (χ2n) is 5.88. The van der Waals surface area contributed by atoms with Crippen LogP contribution in [0.5, 0.6) is 0 Å². The molecule has 1 atom stereocenters. The summed E-state index contributed by atoms with van der Waals surface area (Å²) in [6, 6.07) is 13.4. The Morgan fingerprint density at radius 1 is 1.24 bits per heavy atom. The lowest BCUT2D eigenvalue weighted by Crippen LogP contribution is -2.51. The number of hydrogen-bond acceptors (Lipinski definition) is 3. The topological polar surface area (TPSA) is 38.0 Å². The van der Waals surface area contributed by atoms with E-state index in [-0.39, 0.29) is 11.5 Å². The van der Waals surface area contributed by atoms with E-state index in [0.29, 0.717) is 0 Å². The van der Waals surface area contributed by atoms with Crippen LogP contribution in [0.15, 0.2) is 46.3 Å². The van der Waals surface area contributed by atoms with Crippen molar-refractivity contribution in [2.45, 2.75) is 43.6 Å². The number of rotatable bonds is 5. The Morgan fingerprint density at radius 2 is 1.95 bits per heavy atom. The second-order valence-corrected chi connectivity index (χ2v) is 7.80. The van der Waals surface area contributed by atoms with Gasteiger partial charge in [-0.05, 0) is 46.8 Å². The summed E-state index contributed by atoms with van der Waals surface area (Å²) in [6.07, 6.45) is 6.01. The number of hydrazine groups is 1. The molecule has 112 valence electrons. The molecule has 2 aromatic rings. The highest BCUT2D eigenvalue weighted by atomic mass is 79.9. The first kappa shape index (κ1) is 15.2. The van der Waals surface area contributed by atoms with Crippen molar-refractivity contribution in [3.63, 3.8) is 0 Å². The van der Waals surface area contributed by atoms with Crippen LogP contribution in [0.4, 0.5) is 0 Å². The van der Waals surface area contributed by atoms with Crippen LogP contribution in [0.2, 0.25) is 0 Å². The molecule has 4 heteroatoms. The zero-order chi connectivity index (χ0) is 14.7. The SMILES string of the molecule is NNC(Cc1cc(Br)cs1)C1(c2ccccc2)CCCC1. The molecule has 3 N–H and O–H groups in total. The van der Waals surface area contributed by atoms with Gasteiger partial charge in [-0.3, -0.25) is 11.3 Å². The first-order valence-electron chi connectivity index (χ1n) is 7.49. The van der Waals surface area contributed by atoms with Gasteiger partial charge in [0.25, 0.3) is 0 Å². The van der Waals surface area contributed by atoms with E-state index < -0.39 is 0 Å². The Labute approximate surface area is 138 Å². The van der Waals surface area contributed by atoms with Crippen molar-refractivity contribution in [1.82, 2.24) is 5.43 Å². The van der Waals surface area contributed by atoms with Gasteiger partial charge in [0.15, 0.2) is 0 Å². The number of halogens is 1. The lowest BCUT2D eigenvalue weighted by Gasteiger charge is -2.38. The van der Waals surface area contributed by atoms with Gasteiger partial charge in [0.2, 0.25) is 0 Å². The van der Waals surface area contributed by atoms with Gasteiger partial charge in [0.1, 0.15) is 0 Å². The van der Waals surface area contributed by atoms with Crippen LogP contribution in [0.25, 0.3) is 0 Å². The number of hydrogen-bond donors (Lipinski definition) is 2. The Hall–Kier alpha value is -0.680. The molecule has 1 unspecified atom stereocenters. The molecular weight excluding hydrogens is 344 g/mol. The van der Waals surface area contributed by atoms with Gasteiger partial charge in [0.05, 0.1) is 0 Å². The molecule has 0 aliphatic heterocycles. The minimum Gasteiger partial charge on any atom is -0.271 e. The van der Waals surface area contributed by atoms with Crippen LogP contribution in [-0.2, 0) is 11.8 Å². The van der Waals surface area contributed by atoms with E-state index in [1.807, 2.05) is 0 Å². The first-order valence-corrected chi connectivity index (χ1v) is 9.16. The average molecular weight is 365 g/mol. The van der Waals surface area contributed by atoms with Crippen LogP contribution in [0.3, 0.4) is 0 Å². The van der Waals surface area contributed by atoms with E-state index in [1.54, 1.807) is 11.3 Å². The lowest BCUT2D eigenvalue weighted by molar-refractivity contribution is 0.297. The van der Waals surface area contributed by atoms with Crippen LogP contribution in [0, 0.1) is 0 Å². The standard InChI is InChI=1S/C17H21BrN2S/c18-14-10-15(21-12-14)11-16(20-19)17(8-4-5-9-17)13-6-2-1-3-7-13/h1-3,6-7,10,12,16,20H,4-5,8-9,11,19H2. The molecule has 3 rings (SSSR count). The maximum atomic E-state index is 5.97. The summed E-state index contributed by atoms with van der Waals surface area (Å²) in [7, 11) is 0. The smallest absolute Gasteiger partial charge is 0.0355 e. The van der Waals surface area contributed by atoms with Gasteiger partial charge in [-0.15, -0.1) is 11.3 Å². The normalized spacial score (nSPS) is 18.8. The summed E-state index contributed by atoms with van der Waals surface area (Å²) in [5, 5.41) is 2.15. The molecule has 1 aromatic heterocycles. The van der Waals surface area contributed by atoms with Gasteiger partial charge in [-0.2, -0.15) is 0 Å². The fourth-order valence-electron chi connectivity index (χ4n) is 3.69. The van der Waals surface area contributed by atoms with E-state index in [2.05, 4.69) is 63.1 Å². The average Bonchev–Trinajstić information content (AvgIpc) is 3.15. The highest BCUT2D eigenvalue weighted by Crippen LogP contribution is 2.44. The summed E-state index contributed by atoms with van der Waals surface area (Å²) < 4.78 is 1.17. The summed E-state index contributed by atoms with van der Waals surface area (Å²) in [5.74, 6) is 5.97. The van der Waals surface area contributed by atoms with Crippen LogP contribution in [0.1, 0.15) is 36.1 Å². The van der Waals surface area contributed by atoms with E-state index in [9.17, 15) is 0 Å². The Balaban J connectivity index is 1.91. The maximum Gasteiger partial charge on any atom is 0.0355 e. The monoisotopic (exact) mass is 364 g/mol. The molecule has 0 amide bonds. The van der Waals surface area contributed by atoms with Crippen molar-refractivity contribution < 1.29 is 0 Å². The van der Waals surface area contributed by atoms with Crippen molar-refractivity contribution in [3.8, 4) is 0 Å².